The van der Waals surface area contributed by atoms with Crippen molar-refractivity contribution in [2.45, 2.75) is 31.4 Å². The molecule has 0 spiro atoms. The molecule has 5 nitrogen and oxygen atoms in total. The zero-order valence-corrected chi connectivity index (χ0v) is 16.5. The second-order valence-electron chi connectivity index (χ2n) is 7.82. The molecular weight excluding hydrogens is 371 g/mol. The number of hydrogen-bond donors (Lipinski definition) is 1. The molecule has 154 valence electrons. The second-order valence-corrected chi connectivity index (χ2v) is 7.82. The van der Waals surface area contributed by atoms with Gasteiger partial charge in [-0.15, -0.1) is 0 Å². The lowest BCUT2D eigenvalue weighted by Gasteiger charge is -2.43. The van der Waals surface area contributed by atoms with Gasteiger partial charge in [0, 0.05) is 13.1 Å². The van der Waals surface area contributed by atoms with Gasteiger partial charge in [-0.05, 0) is 49.2 Å². The Bertz CT molecular complexity index is 839. The molecular formula is C23H27FN2O3. The number of carbonyl (C=O) groups excluding carboxylic acids is 1. The summed E-state index contributed by atoms with van der Waals surface area (Å²) >= 11 is 0. The molecule has 29 heavy (non-hydrogen) atoms. The molecule has 0 aliphatic carbocycles. The summed E-state index contributed by atoms with van der Waals surface area (Å²) in [5.74, 6) is -1.16. The number of nitrogens with zero attached hydrogens (tertiary/aromatic N) is 2. The molecule has 2 aliphatic rings. The molecule has 2 atom stereocenters. The summed E-state index contributed by atoms with van der Waals surface area (Å²) in [7, 11) is 0. The third kappa shape index (κ3) is 4.60. The molecule has 2 saturated heterocycles. The molecule has 2 aliphatic heterocycles. The van der Waals surface area contributed by atoms with Crippen LogP contribution >= 0.6 is 0 Å². The van der Waals surface area contributed by atoms with Gasteiger partial charge in [0.25, 0.3) is 0 Å². The lowest BCUT2D eigenvalue weighted by Crippen LogP contribution is -2.52. The number of morpholine rings is 1. The van der Waals surface area contributed by atoms with Gasteiger partial charge in [-0.3, -0.25) is 4.79 Å². The number of aromatic hydroxyl groups is 1. The van der Waals surface area contributed by atoms with Crippen LogP contribution in [-0.4, -0.2) is 59.7 Å². The predicted octanol–water partition coefficient (Wildman–Crippen LogP) is 3.14. The van der Waals surface area contributed by atoms with E-state index in [2.05, 4.69) is 4.90 Å². The van der Waals surface area contributed by atoms with Gasteiger partial charge in [0.1, 0.15) is 0 Å². The van der Waals surface area contributed by atoms with E-state index >= 15 is 0 Å². The molecule has 2 aromatic carbocycles. The Hall–Kier alpha value is -2.44. The molecule has 0 aromatic heterocycles. The van der Waals surface area contributed by atoms with Gasteiger partial charge < -0.3 is 19.6 Å². The molecule has 1 N–H and O–H groups in total. The van der Waals surface area contributed by atoms with Crippen molar-refractivity contribution in [2.24, 2.45) is 0 Å². The summed E-state index contributed by atoms with van der Waals surface area (Å²) in [6, 6.07) is 14.0. The Kier molecular flexibility index (Phi) is 6.11. The molecule has 6 heteroatoms. The standard InChI is InChI=1S/C23H27FN2O3/c24-19-14-17(8-9-20(19)27)15-22(28)26-12-13-29-21(16-25-10-4-5-11-25)23(26)18-6-2-1-3-7-18/h1-3,6-9,14,21,23,27H,4-5,10-13,15-16H2/t21-,23-/m0/s1. The van der Waals surface area contributed by atoms with Gasteiger partial charge in [0.2, 0.25) is 5.91 Å². The van der Waals surface area contributed by atoms with Crippen LogP contribution in [0.25, 0.3) is 0 Å². The fourth-order valence-electron chi connectivity index (χ4n) is 4.37. The number of rotatable bonds is 5. The van der Waals surface area contributed by atoms with Gasteiger partial charge in [-0.1, -0.05) is 36.4 Å². The third-order valence-electron chi connectivity index (χ3n) is 5.82. The first-order valence-electron chi connectivity index (χ1n) is 10.3. The molecule has 1 amide bonds. The zero-order chi connectivity index (χ0) is 20.2. The number of phenols is 1. The summed E-state index contributed by atoms with van der Waals surface area (Å²) < 4.78 is 19.8. The van der Waals surface area contributed by atoms with Crippen molar-refractivity contribution in [1.29, 1.82) is 0 Å². The van der Waals surface area contributed by atoms with Crippen LogP contribution in [0, 0.1) is 5.82 Å². The average molecular weight is 398 g/mol. The molecule has 0 unspecified atom stereocenters. The van der Waals surface area contributed by atoms with E-state index in [-0.39, 0.29) is 24.5 Å². The quantitative estimate of drug-likeness (QED) is 0.841. The first-order chi connectivity index (χ1) is 14.1. The maximum atomic E-state index is 13.7. The van der Waals surface area contributed by atoms with E-state index in [0.29, 0.717) is 18.7 Å². The Balaban J connectivity index is 1.56. The topological polar surface area (TPSA) is 53.0 Å². The van der Waals surface area contributed by atoms with Crippen LogP contribution in [0.5, 0.6) is 5.75 Å². The van der Waals surface area contributed by atoms with Crippen LogP contribution in [0.2, 0.25) is 0 Å². The Morgan fingerprint density at radius 2 is 1.86 bits per heavy atom. The van der Waals surface area contributed by atoms with Gasteiger partial charge >= 0.3 is 0 Å². The van der Waals surface area contributed by atoms with Gasteiger partial charge in [-0.25, -0.2) is 4.39 Å². The van der Waals surface area contributed by atoms with Crippen LogP contribution in [-0.2, 0) is 16.0 Å². The van der Waals surface area contributed by atoms with E-state index in [1.807, 2.05) is 35.2 Å². The smallest absolute Gasteiger partial charge is 0.227 e. The van der Waals surface area contributed by atoms with Crippen molar-refractivity contribution in [1.82, 2.24) is 9.80 Å². The van der Waals surface area contributed by atoms with Crippen molar-refractivity contribution < 1.29 is 19.0 Å². The normalized spacial score (nSPS) is 22.7. The highest BCUT2D eigenvalue weighted by Gasteiger charge is 2.37. The molecule has 0 saturated carbocycles. The van der Waals surface area contributed by atoms with Crippen LogP contribution in [0.15, 0.2) is 48.5 Å². The minimum absolute atomic E-state index is 0.0568. The van der Waals surface area contributed by atoms with Crippen LogP contribution in [0.1, 0.15) is 30.0 Å². The Labute approximate surface area is 170 Å². The lowest BCUT2D eigenvalue weighted by molar-refractivity contribution is -0.147. The summed E-state index contributed by atoms with van der Waals surface area (Å²) in [6.07, 6.45) is 2.41. The Morgan fingerprint density at radius 3 is 2.59 bits per heavy atom. The maximum absolute atomic E-state index is 13.7. The largest absolute Gasteiger partial charge is 0.505 e. The van der Waals surface area contributed by atoms with Crippen molar-refractivity contribution >= 4 is 5.91 Å². The van der Waals surface area contributed by atoms with E-state index in [0.717, 1.165) is 25.2 Å². The number of benzene rings is 2. The number of carbonyl (C=O) groups is 1. The van der Waals surface area contributed by atoms with Crippen molar-refractivity contribution in [3.05, 3.63) is 65.5 Å². The van der Waals surface area contributed by atoms with Gasteiger partial charge in [0.05, 0.1) is 25.2 Å². The van der Waals surface area contributed by atoms with E-state index in [4.69, 9.17) is 4.74 Å². The predicted molar refractivity (Wildman–Crippen MR) is 108 cm³/mol. The lowest BCUT2D eigenvalue weighted by atomic mass is 9.96. The number of likely N-dealkylation sites (tertiary alicyclic amines) is 1. The second kappa shape index (κ2) is 8.93. The maximum Gasteiger partial charge on any atom is 0.227 e. The molecule has 2 heterocycles. The molecule has 4 rings (SSSR count). The number of ether oxygens (including phenoxy) is 1. The van der Waals surface area contributed by atoms with E-state index in [1.165, 1.54) is 25.0 Å². The van der Waals surface area contributed by atoms with Crippen molar-refractivity contribution in [3.8, 4) is 5.75 Å². The summed E-state index contributed by atoms with van der Waals surface area (Å²) in [4.78, 5) is 17.5. The van der Waals surface area contributed by atoms with Crippen molar-refractivity contribution in [2.75, 3.05) is 32.8 Å². The number of hydrogen-bond acceptors (Lipinski definition) is 4. The average Bonchev–Trinajstić information content (AvgIpc) is 3.24. The van der Waals surface area contributed by atoms with Crippen LogP contribution in [0.3, 0.4) is 0 Å². The minimum Gasteiger partial charge on any atom is -0.505 e. The van der Waals surface area contributed by atoms with E-state index in [1.54, 1.807) is 6.07 Å². The highest BCUT2D eigenvalue weighted by atomic mass is 19.1. The summed E-state index contributed by atoms with van der Waals surface area (Å²) in [6.45, 7) is 3.95. The van der Waals surface area contributed by atoms with Gasteiger partial charge in [0.15, 0.2) is 11.6 Å². The van der Waals surface area contributed by atoms with Gasteiger partial charge in [-0.2, -0.15) is 0 Å². The molecule has 2 fully saturated rings. The monoisotopic (exact) mass is 398 g/mol. The minimum atomic E-state index is -0.705. The SMILES string of the molecule is O=C(Cc1ccc(O)c(F)c1)N1CCO[C@@H](CN2CCCC2)[C@@H]1c1ccccc1. The Morgan fingerprint density at radius 1 is 1.10 bits per heavy atom. The van der Waals surface area contributed by atoms with Crippen molar-refractivity contribution in [3.63, 3.8) is 0 Å². The number of phenolic OH excluding ortho intramolecular Hbond substituents is 1. The number of amides is 1. The molecule has 2 aromatic rings. The summed E-state index contributed by atoms with van der Waals surface area (Å²) in [5, 5.41) is 9.40. The molecule has 0 bridgehead atoms. The zero-order valence-electron chi connectivity index (χ0n) is 16.5. The van der Waals surface area contributed by atoms with E-state index in [9.17, 15) is 14.3 Å². The first-order valence-corrected chi connectivity index (χ1v) is 10.3. The van der Waals surface area contributed by atoms with Crippen LogP contribution in [0.4, 0.5) is 4.39 Å². The van der Waals surface area contributed by atoms with Crippen LogP contribution < -0.4 is 0 Å². The fourth-order valence-corrected chi connectivity index (χ4v) is 4.37. The number of halogens is 1. The summed E-state index contributed by atoms with van der Waals surface area (Å²) in [5.41, 5.74) is 1.61. The fraction of sp³-hybridized carbons (Fsp3) is 0.435. The third-order valence-corrected chi connectivity index (χ3v) is 5.82. The highest BCUT2D eigenvalue weighted by Crippen LogP contribution is 2.31. The first kappa shape index (κ1) is 19.9. The van der Waals surface area contributed by atoms with E-state index < -0.39 is 11.6 Å². The molecule has 0 radical (unpaired) electrons. The highest BCUT2D eigenvalue weighted by molar-refractivity contribution is 5.79.